The zero-order chi connectivity index (χ0) is 65.8. The zero-order valence-electron chi connectivity index (χ0n) is 56.1. The van der Waals surface area contributed by atoms with Gasteiger partial charge in [0.1, 0.15) is 0 Å². The fourth-order valence-electron chi connectivity index (χ4n) is 11.1. The van der Waals surface area contributed by atoms with Crippen LogP contribution in [0.4, 0.5) is 0 Å². The smallest absolute Gasteiger partial charge is 0.655 e. The topological polar surface area (TPSA) is 54.0 Å². The summed E-state index contributed by atoms with van der Waals surface area (Å²) in [4.78, 5) is 24.1. The molecule has 8 bridgehead atoms. The van der Waals surface area contributed by atoms with E-state index in [1.807, 2.05) is 0 Å². The SMILES string of the molecule is CC(C)(C)c1cc(-c2c3nc(c(-c4cc(C(C)(C)C)cc(C(C)(C)C)c4)c4[n-]c(c(Br)c4Br)c(-c4cc(C(C)(C)C)cc(C(C)(C)C)c4)c4nc(c(-c5cc(C(C)(C)C)cc(C(C)(C)C)c5)c5[n-]c2c(Br)c5Br)C(Br)=C4Br)C(Br)=C3Br)cc(C(C)(C)C)c1.[Pd+2]. The molecule has 2 aliphatic heterocycles. The van der Waals surface area contributed by atoms with E-state index in [-0.39, 0.29) is 63.7 Å². The maximum Gasteiger partial charge on any atom is 2.00 e. The third-order valence-corrected chi connectivity index (χ3v) is 25.3. The maximum atomic E-state index is 6.02. The van der Waals surface area contributed by atoms with E-state index in [4.69, 9.17) is 19.9 Å². The molecule has 0 saturated carbocycles. The largest absolute Gasteiger partial charge is 2.00 e. The Morgan fingerprint density at radius 3 is 0.494 bits per heavy atom. The van der Waals surface area contributed by atoms with Crippen LogP contribution < -0.4 is 9.97 Å². The monoisotopic (exact) mass is 1790 g/mol. The van der Waals surface area contributed by atoms with Gasteiger partial charge in [0, 0.05) is 17.9 Å². The summed E-state index contributed by atoms with van der Waals surface area (Å²) in [6.45, 7) is 55.0. The molecule has 89 heavy (non-hydrogen) atoms. The summed E-state index contributed by atoms with van der Waals surface area (Å²) in [5.74, 6) is 0. The molecule has 3 aromatic heterocycles. The maximum absolute atomic E-state index is 6.02. The number of hydrogen-bond donors (Lipinski definition) is 0. The molecule has 0 amide bonds. The van der Waals surface area contributed by atoms with Crippen LogP contribution in [0.15, 0.2) is 90.7 Å². The molecule has 0 saturated heterocycles. The fourth-order valence-corrected chi connectivity index (χ4v) is 14.9. The first-order chi connectivity index (χ1) is 40.0. The second-order valence-electron chi connectivity index (χ2n) is 32.4. The van der Waals surface area contributed by atoms with E-state index in [0.717, 1.165) is 125 Å². The molecular weight excluding hydrogens is 1710 g/mol. The molecule has 0 radical (unpaired) electrons. The average molecular weight is 1800 g/mol. The van der Waals surface area contributed by atoms with Crippen molar-refractivity contribution >= 4 is 167 Å². The molecule has 0 unspecified atom stereocenters. The summed E-state index contributed by atoms with van der Waals surface area (Å²) in [6, 6.07) is 28.3. The van der Waals surface area contributed by atoms with Crippen molar-refractivity contribution in [2.45, 2.75) is 209 Å². The number of hydrogen-bond acceptors (Lipinski definition) is 2. The van der Waals surface area contributed by atoms with Crippen molar-refractivity contribution in [3.05, 3.63) is 158 Å². The molecule has 0 fully saturated rings. The van der Waals surface area contributed by atoms with Gasteiger partial charge in [-0.2, -0.15) is 0 Å². The standard InChI is InChI=1S/C76H84Br8N4.Pd/c1-69(2,3)41-25-37(26-42(33-41)70(4,5)6)49-61-53(77)55(79)63(85-61)50(38-27-43(71(7,8)9)34-44(28-38)72(10,11)12)65-57(81)59(83)67(87-65)52(40-31-47(75(19,20)21)36-48(32-40)76(22,23)24)68-60(84)58(82)66(88-68)51(64-56(80)54(78)62(49)86-64)39-29-45(73(13,14)15)35-46(30-39)74(16,17)18;/h25-36H,1-24H3;/q-2;+2. The molecule has 7 aromatic rings. The minimum Gasteiger partial charge on any atom is -0.655 e. The minimum atomic E-state index is -0.201. The normalized spacial score (nSPS) is 14.1. The second kappa shape index (κ2) is 24.9. The minimum absolute atomic E-state index is 0. The Morgan fingerprint density at radius 2 is 0.371 bits per heavy atom. The molecule has 5 heterocycles. The first-order valence-corrected chi connectivity index (χ1v) is 36.6. The fraction of sp³-hybridized carbons (Fsp3) is 0.421. The number of rotatable bonds is 4. The van der Waals surface area contributed by atoms with Crippen molar-refractivity contribution in [2.24, 2.45) is 0 Å². The van der Waals surface area contributed by atoms with E-state index in [0.29, 0.717) is 0 Å². The molecule has 0 spiro atoms. The third kappa shape index (κ3) is 14.3. The summed E-state index contributed by atoms with van der Waals surface area (Å²) in [5.41, 5.74) is 21.3. The van der Waals surface area contributed by atoms with Gasteiger partial charge >= 0.3 is 20.4 Å². The average Bonchev–Trinajstić information content (AvgIpc) is 1.66. The van der Waals surface area contributed by atoms with Gasteiger partial charge in [-0.3, -0.25) is 0 Å². The molecule has 2 aliphatic rings. The summed E-state index contributed by atoms with van der Waals surface area (Å²) in [6.07, 6.45) is 0. The number of nitrogens with zero attached hydrogens (tertiary/aromatic N) is 4. The first kappa shape index (κ1) is 72.8. The molecule has 9 rings (SSSR count). The van der Waals surface area contributed by atoms with Crippen LogP contribution >= 0.6 is 127 Å². The Bertz CT molecular complexity index is 3630. The zero-order valence-corrected chi connectivity index (χ0v) is 70.3. The van der Waals surface area contributed by atoms with Gasteiger partial charge in [0.2, 0.25) is 0 Å². The number of halogens is 8. The van der Waals surface area contributed by atoms with Crippen molar-refractivity contribution < 1.29 is 20.4 Å². The summed E-state index contributed by atoms with van der Waals surface area (Å²) < 4.78 is 6.35. The van der Waals surface area contributed by atoms with E-state index < -0.39 is 0 Å². The van der Waals surface area contributed by atoms with Gasteiger partial charge < -0.3 is 9.97 Å². The van der Waals surface area contributed by atoms with Crippen molar-refractivity contribution in [2.75, 3.05) is 0 Å². The van der Waals surface area contributed by atoms with Gasteiger partial charge in [0.05, 0.1) is 40.7 Å². The molecule has 4 aromatic carbocycles. The van der Waals surface area contributed by atoms with E-state index in [1.165, 1.54) is 44.5 Å². The Hall–Kier alpha value is -2.02. The molecule has 4 nitrogen and oxygen atoms in total. The Kier molecular flexibility index (Phi) is 20.4. The van der Waals surface area contributed by atoms with Crippen molar-refractivity contribution in [1.29, 1.82) is 0 Å². The van der Waals surface area contributed by atoms with E-state index in [1.54, 1.807) is 0 Å². The summed E-state index contributed by atoms with van der Waals surface area (Å²) in [7, 11) is 0. The second-order valence-corrected chi connectivity index (χ2v) is 38.8. The predicted molar refractivity (Wildman–Crippen MR) is 410 cm³/mol. The van der Waals surface area contributed by atoms with Crippen LogP contribution in [0.3, 0.4) is 0 Å². The van der Waals surface area contributed by atoms with Crippen LogP contribution in [0.2, 0.25) is 0 Å². The molecule has 0 atom stereocenters. The van der Waals surface area contributed by atoms with Gasteiger partial charge in [0.25, 0.3) is 0 Å². The van der Waals surface area contributed by atoms with Crippen LogP contribution in [0, 0.1) is 0 Å². The Balaban J connectivity index is 0.0000102. The van der Waals surface area contributed by atoms with Gasteiger partial charge in [0.15, 0.2) is 0 Å². The van der Waals surface area contributed by atoms with E-state index in [9.17, 15) is 0 Å². The summed E-state index contributed by atoms with van der Waals surface area (Å²) >= 11 is 34.4. The van der Waals surface area contributed by atoms with Crippen LogP contribution in [-0.4, -0.2) is 9.97 Å². The van der Waals surface area contributed by atoms with Crippen molar-refractivity contribution in [3.8, 4) is 44.5 Å². The van der Waals surface area contributed by atoms with Gasteiger partial charge in [-0.25, -0.2) is 9.97 Å². The van der Waals surface area contributed by atoms with E-state index in [2.05, 4.69) is 366 Å². The van der Waals surface area contributed by atoms with Crippen LogP contribution in [0.5, 0.6) is 0 Å². The third-order valence-electron chi connectivity index (χ3n) is 17.0. The van der Waals surface area contributed by atoms with Crippen LogP contribution in [0.25, 0.3) is 84.5 Å². The molecule has 0 aliphatic carbocycles. The molecule has 474 valence electrons. The molecule has 0 N–H and O–H groups in total. The van der Waals surface area contributed by atoms with Crippen molar-refractivity contribution in [1.82, 2.24) is 19.9 Å². The van der Waals surface area contributed by atoms with E-state index >= 15 is 0 Å². The molecule has 13 heteroatoms. The van der Waals surface area contributed by atoms with Gasteiger partial charge in [-0.15, -0.1) is 22.1 Å². The molecular formula is C76H84Br8N4Pd. The number of fused-ring (bicyclic) bond motifs is 8. The predicted octanol–water partition coefficient (Wildman–Crippen LogP) is 26.9. The summed E-state index contributed by atoms with van der Waals surface area (Å²) in [5, 5.41) is 0. The van der Waals surface area contributed by atoms with Gasteiger partial charge in [-0.1, -0.05) is 303 Å². The van der Waals surface area contributed by atoms with Gasteiger partial charge in [-0.05, 0) is 196 Å². The number of aromatic nitrogens is 4. The number of benzene rings is 4. The first-order valence-electron chi connectivity index (χ1n) is 30.2. The Morgan fingerprint density at radius 1 is 0.236 bits per heavy atom. The van der Waals surface area contributed by atoms with Crippen molar-refractivity contribution in [3.63, 3.8) is 0 Å². The quantitative estimate of drug-likeness (QED) is 0.165. The Labute approximate surface area is 612 Å². The van der Waals surface area contributed by atoms with Crippen LogP contribution in [-0.2, 0) is 63.7 Å². The van der Waals surface area contributed by atoms with Crippen LogP contribution in [0.1, 0.15) is 233 Å².